The van der Waals surface area contributed by atoms with Gasteiger partial charge < -0.3 is 20.9 Å². The number of carbonyl (C=O) groups is 2. The normalized spacial score (nSPS) is 16.8. The van der Waals surface area contributed by atoms with Gasteiger partial charge in [0, 0.05) is 39.3 Å². The molecule has 4 N–H and O–H groups in total. The van der Waals surface area contributed by atoms with Crippen LogP contribution in [-0.4, -0.2) is 38.2 Å². The molecule has 6 nitrogen and oxygen atoms in total. The molecule has 0 heterocycles. The van der Waals surface area contributed by atoms with Crippen molar-refractivity contribution < 1.29 is 19.1 Å². The molecule has 0 bridgehead atoms. The van der Waals surface area contributed by atoms with Crippen LogP contribution in [0.25, 0.3) is 0 Å². The Hall–Kier alpha value is -1.92. The number of benzene rings is 1. The van der Waals surface area contributed by atoms with Crippen LogP contribution in [0.5, 0.6) is 0 Å². The minimum absolute atomic E-state index is 0.179. The highest BCUT2D eigenvalue weighted by Gasteiger charge is 2.25. The Labute approximate surface area is 245 Å². The Kier molecular flexibility index (Phi) is 22.4. The quantitative estimate of drug-likeness (QED) is 0.145. The van der Waals surface area contributed by atoms with E-state index in [-0.39, 0.29) is 11.8 Å². The van der Waals surface area contributed by atoms with Crippen LogP contribution in [0, 0.1) is 11.8 Å². The Morgan fingerprint density at radius 2 is 1.15 bits per heavy atom. The molecule has 2 rings (SSSR count). The molecule has 0 saturated heterocycles. The summed E-state index contributed by atoms with van der Waals surface area (Å²) in [6, 6.07) is 8.80. The second-order valence-corrected chi connectivity index (χ2v) is 11.5. The van der Waals surface area contributed by atoms with Gasteiger partial charge in [0.25, 0.3) is 0 Å². The van der Waals surface area contributed by atoms with Crippen molar-refractivity contribution in [3.8, 4) is 0 Å². The van der Waals surface area contributed by atoms with Crippen LogP contribution in [0.15, 0.2) is 24.3 Å². The van der Waals surface area contributed by atoms with Gasteiger partial charge >= 0.3 is 0 Å². The number of hydrogen-bond donors (Lipinski definition) is 2. The largest absolute Gasteiger partial charge is 0.381 e. The first-order valence-corrected chi connectivity index (χ1v) is 16.3. The molecule has 2 atom stereocenters. The first-order valence-electron chi connectivity index (χ1n) is 16.3. The van der Waals surface area contributed by atoms with Gasteiger partial charge in [-0.05, 0) is 80.8 Å². The molecule has 1 saturated carbocycles. The van der Waals surface area contributed by atoms with Crippen molar-refractivity contribution in [2.24, 2.45) is 23.3 Å². The Morgan fingerprint density at radius 3 is 1.65 bits per heavy atom. The van der Waals surface area contributed by atoms with E-state index in [2.05, 4.69) is 38.1 Å². The van der Waals surface area contributed by atoms with Crippen molar-refractivity contribution in [3.05, 3.63) is 35.4 Å². The summed E-state index contributed by atoms with van der Waals surface area (Å²) in [5, 5.41) is 0. The average Bonchev–Trinajstić information content (AvgIpc) is 2.94. The lowest BCUT2D eigenvalue weighted by Gasteiger charge is -2.31. The van der Waals surface area contributed by atoms with Gasteiger partial charge in [0.2, 0.25) is 11.8 Å². The second kappa shape index (κ2) is 24.8. The molecule has 6 heteroatoms. The topological polar surface area (TPSA) is 105 Å². The Bertz CT molecular complexity index is 770. The molecule has 0 aliphatic heterocycles. The smallest absolute Gasteiger partial charge is 0.217 e. The molecule has 1 fully saturated rings. The molecular weight excluding hydrogens is 500 g/mol. The maximum Gasteiger partial charge on any atom is 0.217 e. The molecule has 1 aromatic rings. The molecule has 1 aliphatic carbocycles. The van der Waals surface area contributed by atoms with Crippen LogP contribution in [0.2, 0.25) is 0 Å². The van der Waals surface area contributed by atoms with Gasteiger partial charge in [0.15, 0.2) is 0 Å². The molecule has 1 unspecified atom stereocenters. The number of rotatable bonds is 22. The van der Waals surface area contributed by atoms with Gasteiger partial charge in [-0.2, -0.15) is 0 Å². The zero-order valence-corrected chi connectivity index (χ0v) is 25.8. The van der Waals surface area contributed by atoms with E-state index in [4.69, 9.17) is 20.9 Å². The summed E-state index contributed by atoms with van der Waals surface area (Å²) in [5.41, 5.74) is 13.3. The Morgan fingerprint density at radius 1 is 0.675 bits per heavy atom. The van der Waals surface area contributed by atoms with Crippen molar-refractivity contribution in [2.45, 2.75) is 129 Å². The third-order valence-electron chi connectivity index (χ3n) is 7.87. The highest BCUT2D eigenvalue weighted by Crippen LogP contribution is 2.30. The van der Waals surface area contributed by atoms with Gasteiger partial charge in [0.1, 0.15) is 0 Å². The molecule has 0 spiro atoms. The van der Waals surface area contributed by atoms with E-state index >= 15 is 0 Å². The monoisotopic (exact) mass is 560 g/mol. The van der Waals surface area contributed by atoms with Crippen LogP contribution in [-0.2, 0) is 31.9 Å². The van der Waals surface area contributed by atoms with Crippen molar-refractivity contribution in [3.63, 3.8) is 0 Å². The Balaban J connectivity index is 0.000000400. The van der Waals surface area contributed by atoms with Crippen molar-refractivity contribution in [1.82, 2.24) is 0 Å². The van der Waals surface area contributed by atoms with E-state index in [1.807, 2.05) is 0 Å². The number of amides is 2. The number of unbranched alkanes of at least 4 members (excludes halogenated alkanes) is 6. The summed E-state index contributed by atoms with van der Waals surface area (Å²) < 4.78 is 11.5. The van der Waals surface area contributed by atoms with Crippen LogP contribution in [0.3, 0.4) is 0 Å². The fraction of sp³-hybridized carbons (Fsp3) is 0.765. The van der Waals surface area contributed by atoms with Crippen molar-refractivity contribution >= 4 is 11.8 Å². The molecule has 2 amide bonds. The minimum Gasteiger partial charge on any atom is -0.381 e. The number of hydrogen-bond acceptors (Lipinski definition) is 4. The highest BCUT2D eigenvalue weighted by atomic mass is 16.5. The van der Waals surface area contributed by atoms with E-state index in [1.165, 1.54) is 75.3 Å². The van der Waals surface area contributed by atoms with Gasteiger partial charge in [-0.3, -0.25) is 9.59 Å². The summed E-state index contributed by atoms with van der Waals surface area (Å²) in [4.78, 5) is 21.3. The zero-order chi connectivity index (χ0) is 29.3. The summed E-state index contributed by atoms with van der Waals surface area (Å²) in [6.45, 7) is 7.66. The lowest BCUT2D eigenvalue weighted by molar-refractivity contribution is -0.119. The van der Waals surface area contributed by atoms with Crippen LogP contribution in [0.1, 0.15) is 128 Å². The molecule has 1 aliphatic rings. The van der Waals surface area contributed by atoms with Gasteiger partial charge in [0.05, 0.1) is 0 Å². The third kappa shape index (κ3) is 19.2. The summed E-state index contributed by atoms with van der Waals surface area (Å²) in [6.07, 6.45) is 19.9. The van der Waals surface area contributed by atoms with Crippen molar-refractivity contribution in [1.29, 1.82) is 0 Å². The fourth-order valence-electron chi connectivity index (χ4n) is 5.37. The minimum atomic E-state index is -0.242. The molecule has 0 radical (unpaired) electrons. The van der Waals surface area contributed by atoms with Crippen LogP contribution in [0.4, 0.5) is 0 Å². The summed E-state index contributed by atoms with van der Waals surface area (Å²) in [7, 11) is 0. The average molecular weight is 561 g/mol. The fourth-order valence-corrected chi connectivity index (χ4v) is 5.37. The van der Waals surface area contributed by atoms with Crippen LogP contribution < -0.4 is 11.5 Å². The predicted octanol–water partition coefficient (Wildman–Crippen LogP) is 7.29. The highest BCUT2D eigenvalue weighted by molar-refractivity contribution is 5.73. The lowest BCUT2D eigenvalue weighted by atomic mass is 9.80. The van der Waals surface area contributed by atoms with E-state index in [1.54, 1.807) is 0 Å². The van der Waals surface area contributed by atoms with Gasteiger partial charge in [-0.25, -0.2) is 0 Å². The third-order valence-corrected chi connectivity index (χ3v) is 7.87. The number of aryl methyl sites for hydroxylation is 2. The molecule has 230 valence electrons. The SMILES string of the molecule is CCCCCCc1ccccc1CCCCCC(N)=O.CCCCOC[C@H]1CCCCC1COCCCC(N)=O. The first kappa shape index (κ1) is 36.1. The van der Waals surface area contributed by atoms with E-state index in [0.29, 0.717) is 31.3 Å². The van der Waals surface area contributed by atoms with Gasteiger partial charge in [-0.1, -0.05) is 83.1 Å². The maximum atomic E-state index is 10.7. The first-order chi connectivity index (χ1) is 19.5. The molecule has 1 aromatic carbocycles. The summed E-state index contributed by atoms with van der Waals surface area (Å²) in [5.74, 6) is 0.852. The van der Waals surface area contributed by atoms with E-state index in [9.17, 15) is 9.59 Å². The number of carbonyl (C=O) groups excluding carboxylic acids is 2. The van der Waals surface area contributed by atoms with E-state index < -0.39 is 0 Å². The number of nitrogens with two attached hydrogens (primary N) is 2. The van der Waals surface area contributed by atoms with Crippen molar-refractivity contribution in [2.75, 3.05) is 26.4 Å². The molecular formula is C34H60N2O4. The standard InChI is InChI=1S/C18H29NO.C16H31NO3/c1-2-3-4-6-11-16-13-9-10-14-17(16)12-7-5-8-15-18(19)20;1-2-3-10-19-12-14-7-4-5-8-15(14)13-20-11-6-9-16(17)18/h9-10,13-14H,2-8,11-12,15H2,1H3,(H2,19,20);14-15H,2-13H2,1H3,(H2,17,18)/t;14-,15?/m.1/s1. The van der Waals surface area contributed by atoms with Gasteiger partial charge in [-0.15, -0.1) is 0 Å². The van der Waals surface area contributed by atoms with E-state index in [0.717, 1.165) is 58.3 Å². The number of ether oxygens (including phenoxy) is 2. The second-order valence-electron chi connectivity index (χ2n) is 11.5. The maximum absolute atomic E-state index is 10.7. The number of primary amides is 2. The molecule has 40 heavy (non-hydrogen) atoms. The summed E-state index contributed by atoms with van der Waals surface area (Å²) >= 11 is 0. The molecule has 0 aromatic heterocycles. The lowest BCUT2D eigenvalue weighted by Crippen LogP contribution is -2.28. The zero-order valence-electron chi connectivity index (χ0n) is 25.8. The van der Waals surface area contributed by atoms with Crippen LogP contribution >= 0.6 is 0 Å². The predicted molar refractivity (Wildman–Crippen MR) is 166 cm³/mol.